The largest absolute Gasteiger partial charge is 0.464 e. The molecule has 1 aliphatic rings. The fourth-order valence-electron chi connectivity index (χ4n) is 2.01. The van der Waals surface area contributed by atoms with Crippen molar-refractivity contribution in [1.82, 2.24) is 0 Å². The van der Waals surface area contributed by atoms with Crippen molar-refractivity contribution < 1.29 is 18.7 Å². The van der Waals surface area contributed by atoms with E-state index in [2.05, 4.69) is 0 Å². The quantitative estimate of drug-likeness (QED) is 0.750. The minimum absolute atomic E-state index is 0.0478. The average Bonchev–Trinajstić information content (AvgIpc) is 2.23. The molecule has 0 bridgehead atoms. The highest BCUT2D eigenvalue weighted by Gasteiger charge is 2.57. The van der Waals surface area contributed by atoms with Crippen molar-refractivity contribution in [1.29, 1.82) is 0 Å². The lowest BCUT2D eigenvalue weighted by atomic mass is 9.79. The molecule has 4 nitrogen and oxygen atoms in total. The zero-order valence-corrected chi connectivity index (χ0v) is 13.7. The van der Waals surface area contributed by atoms with Gasteiger partial charge in [0.1, 0.15) is 11.3 Å². The van der Waals surface area contributed by atoms with Gasteiger partial charge in [0.15, 0.2) is 15.1 Å². The lowest BCUT2D eigenvalue weighted by molar-refractivity contribution is -0.288. The summed E-state index contributed by atoms with van der Waals surface area (Å²) in [6.07, 6.45) is 0.437. The zero-order chi connectivity index (χ0) is 14.1. The monoisotopic (exact) mass is 292 g/mol. The zero-order valence-electron chi connectivity index (χ0n) is 11.7. The van der Waals surface area contributed by atoms with Gasteiger partial charge in [-0.3, -0.25) is 4.79 Å². The van der Waals surface area contributed by atoms with E-state index in [9.17, 15) is 4.79 Å². The number of rotatable bonds is 3. The molecule has 1 heterocycles. The molecule has 0 N–H and O–H groups in total. The van der Waals surface area contributed by atoms with Crippen molar-refractivity contribution in [3.05, 3.63) is 11.3 Å². The first kappa shape index (κ1) is 15.7. The minimum atomic E-state index is -1.44. The van der Waals surface area contributed by atoms with Crippen LogP contribution in [0.2, 0.25) is 13.1 Å². The van der Waals surface area contributed by atoms with Crippen LogP contribution in [0.25, 0.3) is 0 Å². The molecule has 0 aromatic carbocycles. The van der Waals surface area contributed by atoms with E-state index < -0.39 is 26.3 Å². The van der Waals surface area contributed by atoms with Gasteiger partial charge in [0.2, 0.25) is 11.6 Å². The van der Waals surface area contributed by atoms with E-state index in [0.29, 0.717) is 0 Å². The van der Waals surface area contributed by atoms with E-state index in [1.54, 1.807) is 0 Å². The predicted molar refractivity (Wildman–Crippen MR) is 73.0 cm³/mol. The summed E-state index contributed by atoms with van der Waals surface area (Å²) in [5.41, 5.74) is -0.431. The molecule has 0 amide bonds. The minimum Gasteiger partial charge on any atom is -0.464 e. The molecule has 0 radical (unpaired) electrons. The van der Waals surface area contributed by atoms with Crippen molar-refractivity contribution in [2.45, 2.75) is 45.8 Å². The molecule has 18 heavy (non-hydrogen) atoms. The Morgan fingerprint density at radius 1 is 1.44 bits per heavy atom. The number of carbonyl (C=O) groups is 1. The molecule has 1 rings (SSSR count). The number of Topliss-reactive ketones (excluding diaryl/α,β-unsaturated/α-hetero) is 1. The summed E-state index contributed by atoms with van der Waals surface area (Å²) >= 11 is 5.85. The van der Waals surface area contributed by atoms with Crippen molar-refractivity contribution in [3.63, 3.8) is 0 Å². The summed E-state index contributed by atoms with van der Waals surface area (Å²) in [7, 11) is 0.0736. The summed E-state index contributed by atoms with van der Waals surface area (Å²) in [6, 6.07) is 0. The van der Waals surface area contributed by atoms with Crippen LogP contribution in [0.5, 0.6) is 0 Å². The Morgan fingerprint density at radius 3 is 2.39 bits per heavy atom. The van der Waals surface area contributed by atoms with Crippen LogP contribution in [0.3, 0.4) is 0 Å². The topological polar surface area (TPSA) is 44.8 Å². The Balaban J connectivity index is 3.25. The van der Waals surface area contributed by atoms with Gasteiger partial charge in [-0.05, 0) is 13.1 Å². The number of hydrogen-bond donors (Lipinski definition) is 0. The summed E-state index contributed by atoms with van der Waals surface area (Å²) in [5.74, 6) is -1.42. The molecule has 0 aromatic rings. The van der Waals surface area contributed by atoms with Crippen LogP contribution < -0.4 is 0 Å². The number of methoxy groups -OCH3 is 1. The molecular weight excluding hydrogens is 272 g/mol. The highest BCUT2D eigenvalue weighted by Crippen LogP contribution is 2.43. The average molecular weight is 293 g/mol. The Labute approximate surface area is 115 Å². The van der Waals surface area contributed by atoms with Gasteiger partial charge in [-0.2, -0.15) is 0 Å². The maximum atomic E-state index is 12.2. The van der Waals surface area contributed by atoms with Gasteiger partial charge in [-0.15, -0.1) is 0 Å². The van der Waals surface area contributed by atoms with Crippen LogP contribution in [0.4, 0.5) is 0 Å². The summed E-state index contributed by atoms with van der Waals surface area (Å²) in [4.78, 5) is 12.2. The van der Waals surface area contributed by atoms with Gasteiger partial charge in [-0.1, -0.05) is 32.4 Å². The van der Waals surface area contributed by atoms with Crippen LogP contribution in [0, 0.1) is 5.41 Å². The van der Waals surface area contributed by atoms with Gasteiger partial charge in [-0.25, -0.2) is 0 Å². The molecule has 0 aromatic heterocycles. The van der Waals surface area contributed by atoms with Crippen molar-refractivity contribution in [2.24, 2.45) is 5.41 Å². The SMILES string of the molecule is COC1(C(C)(C)C)OC=C(Cl)C(=O)C1O[SiH](C)C. The van der Waals surface area contributed by atoms with Crippen LogP contribution in [-0.4, -0.2) is 33.8 Å². The first-order valence-corrected chi connectivity index (χ1v) is 9.10. The molecule has 2 atom stereocenters. The molecule has 104 valence electrons. The van der Waals surface area contributed by atoms with Gasteiger partial charge >= 0.3 is 0 Å². The van der Waals surface area contributed by atoms with Gasteiger partial charge in [0.05, 0.1) is 0 Å². The molecule has 6 heteroatoms. The van der Waals surface area contributed by atoms with E-state index >= 15 is 0 Å². The fraction of sp³-hybridized carbons (Fsp3) is 0.750. The second-order valence-electron chi connectivity index (χ2n) is 5.63. The fourth-order valence-corrected chi connectivity index (χ4v) is 3.00. The molecule has 1 aliphatic heterocycles. The second-order valence-corrected chi connectivity index (χ2v) is 8.41. The maximum absolute atomic E-state index is 12.2. The molecule has 2 unspecified atom stereocenters. The second kappa shape index (κ2) is 5.33. The third kappa shape index (κ3) is 2.64. The lowest BCUT2D eigenvalue weighted by Crippen LogP contribution is -2.61. The van der Waals surface area contributed by atoms with Crippen LogP contribution in [-0.2, 0) is 18.7 Å². The number of ether oxygens (including phenoxy) is 2. The number of carbonyl (C=O) groups excluding carboxylic acids is 1. The van der Waals surface area contributed by atoms with E-state index in [1.165, 1.54) is 13.4 Å². The molecule has 0 fully saturated rings. The Hall–Kier alpha value is -0.363. The van der Waals surface area contributed by atoms with Crippen LogP contribution >= 0.6 is 11.6 Å². The molecule has 0 spiro atoms. The molecular formula is C12H21ClO4Si. The van der Waals surface area contributed by atoms with Gasteiger partial charge < -0.3 is 13.9 Å². The van der Waals surface area contributed by atoms with Gasteiger partial charge in [0, 0.05) is 12.5 Å². The molecule has 0 saturated carbocycles. The van der Waals surface area contributed by atoms with E-state index in [-0.39, 0.29) is 10.8 Å². The lowest BCUT2D eigenvalue weighted by Gasteiger charge is -2.48. The standard InChI is InChI=1S/C12H21ClO4Si/c1-11(2,3)12(15-4)10(17-18(5)6)9(14)8(13)7-16-12/h7,10,18H,1-6H3. The van der Waals surface area contributed by atoms with Crippen LogP contribution in [0.15, 0.2) is 11.3 Å². The maximum Gasteiger partial charge on any atom is 0.247 e. The van der Waals surface area contributed by atoms with Gasteiger partial charge in [0.25, 0.3) is 0 Å². The van der Waals surface area contributed by atoms with Crippen molar-refractivity contribution >= 4 is 26.4 Å². The summed E-state index contributed by atoms with van der Waals surface area (Å²) in [5, 5.41) is 0.0478. The number of halogens is 1. The number of hydrogen-bond acceptors (Lipinski definition) is 4. The smallest absolute Gasteiger partial charge is 0.247 e. The highest BCUT2D eigenvalue weighted by atomic mass is 35.5. The Kier molecular flexibility index (Phi) is 4.64. The van der Waals surface area contributed by atoms with Crippen molar-refractivity contribution in [2.75, 3.05) is 7.11 Å². The van der Waals surface area contributed by atoms with Crippen LogP contribution in [0.1, 0.15) is 20.8 Å². The molecule has 0 aliphatic carbocycles. The highest BCUT2D eigenvalue weighted by molar-refractivity contribution is 6.49. The Morgan fingerprint density at radius 2 is 2.00 bits per heavy atom. The molecule has 0 saturated heterocycles. The van der Waals surface area contributed by atoms with E-state index in [0.717, 1.165) is 0 Å². The third-order valence-corrected chi connectivity index (χ3v) is 4.00. The third-order valence-electron chi connectivity index (χ3n) is 2.91. The van der Waals surface area contributed by atoms with Crippen molar-refractivity contribution in [3.8, 4) is 0 Å². The summed E-state index contributed by atoms with van der Waals surface area (Å²) < 4.78 is 17.0. The number of ketones is 1. The Bertz CT molecular complexity index is 362. The first-order chi connectivity index (χ1) is 8.15. The normalized spacial score (nSPS) is 29.2. The summed E-state index contributed by atoms with van der Waals surface area (Å²) in [6.45, 7) is 9.80. The van der Waals surface area contributed by atoms with E-state index in [1.807, 2.05) is 33.9 Å². The first-order valence-electron chi connectivity index (χ1n) is 5.94. The predicted octanol–water partition coefficient (Wildman–Crippen LogP) is 2.42. The van der Waals surface area contributed by atoms with E-state index in [4.69, 9.17) is 25.5 Å².